The van der Waals surface area contributed by atoms with E-state index in [4.69, 9.17) is 9.84 Å². The van der Waals surface area contributed by atoms with Gasteiger partial charge in [0, 0.05) is 6.42 Å². The Labute approximate surface area is 121 Å². The molecule has 2 rings (SSSR count). The van der Waals surface area contributed by atoms with Crippen molar-refractivity contribution in [3.05, 3.63) is 35.9 Å². The van der Waals surface area contributed by atoms with Crippen LogP contribution in [0.3, 0.4) is 0 Å². The van der Waals surface area contributed by atoms with Crippen molar-refractivity contribution in [3.63, 3.8) is 0 Å². The molecule has 0 radical (unpaired) electrons. The first-order valence-corrected chi connectivity index (χ1v) is 6.43. The first-order chi connectivity index (χ1) is 10.1. The normalized spacial score (nSPS) is 17.4. The Morgan fingerprint density at radius 1 is 1.33 bits per heavy atom. The largest absolute Gasteiger partial charge is 0.465 e. The number of carbonyl (C=O) groups excluding carboxylic acids is 2. The summed E-state index contributed by atoms with van der Waals surface area (Å²) in [4.78, 5) is 34.8. The minimum Gasteiger partial charge on any atom is -0.465 e. The van der Waals surface area contributed by atoms with Crippen LogP contribution in [0.2, 0.25) is 0 Å². The van der Waals surface area contributed by atoms with Gasteiger partial charge in [0.05, 0.1) is 0 Å². The number of amides is 1. The lowest BCUT2D eigenvalue weighted by Gasteiger charge is -2.15. The summed E-state index contributed by atoms with van der Waals surface area (Å²) < 4.78 is 9.72. The van der Waals surface area contributed by atoms with Gasteiger partial charge in [-0.15, -0.1) is 0 Å². The maximum Gasteiger partial charge on any atom is 0.410 e. The molecule has 0 aromatic heterocycles. The molecule has 1 amide bonds. The molecule has 1 aromatic carbocycles. The van der Waals surface area contributed by atoms with E-state index < -0.39 is 24.1 Å². The highest BCUT2D eigenvalue weighted by molar-refractivity contribution is 5.83. The average molecular weight is 293 g/mol. The topological polar surface area (TPSA) is 93.1 Å². The van der Waals surface area contributed by atoms with Gasteiger partial charge in [0.25, 0.3) is 0 Å². The first kappa shape index (κ1) is 14.8. The van der Waals surface area contributed by atoms with Crippen molar-refractivity contribution in [3.8, 4) is 0 Å². The zero-order valence-corrected chi connectivity index (χ0v) is 11.2. The smallest absolute Gasteiger partial charge is 0.410 e. The number of hydrogen-bond donors (Lipinski definition) is 1. The average Bonchev–Trinajstić information content (AvgIpc) is 2.85. The van der Waals surface area contributed by atoms with E-state index in [1.165, 1.54) is 0 Å². The quantitative estimate of drug-likeness (QED) is 0.824. The summed E-state index contributed by atoms with van der Waals surface area (Å²) in [5, 5.41) is 8.90. The Morgan fingerprint density at radius 3 is 2.71 bits per heavy atom. The lowest BCUT2D eigenvalue weighted by Crippen LogP contribution is -2.37. The van der Waals surface area contributed by atoms with Crippen LogP contribution in [-0.2, 0) is 25.7 Å². The molecule has 1 fully saturated rings. The van der Waals surface area contributed by atoms with Gasteiger partial charge in [0.2, 0.25) is 0 Å². The van der Waals surface area contributed by atoms with E-state index in [1.54, 1.807) is 0 Å². The Kier molecular flexibility index (Phi) is 4.76. The van der Waals surface area contributed by atoms with Crippen molar-refractivity contribution in [2.45, 2.75) is 25.5 Å². The molecule has 1 unspecified atom stereocenters. The van der Waals surface area contributed by atoms with Crippen LogP contribution in [0.5, 0.6) is 0 Å². The third-order valence-corrected chi connectivity index (χ3v) is 3.10. The molecule has 21 heavy (non-hydrogen) atoms. The van der Waals surface area contributed by atoms with Crippen molar-refractivity contribution < 1.29 is 29.0 Å². The molecule has 0 spiro atoms. The van der Waals surface area contributed by atoms with Gasteiger partial charge in [0.1, 0.15) is 12.6 Å². The number of benzene rings is 1. The van der Waals surface area contributed by atoms with Crippen molar-refractivity contribution in [1.29, 1.82) is 0 Å². The number of nitrogens with zero attached hydrogens (tertiary/aromatic N) is 1. The van der Waals surface area contributed by atoms with E-state index in [0.717, 1.165) is 10.5 Å². The summed E-state index contributed by atoms with van der Waals surface area (Å²) in [5.41, 5.74) is 0.860. The van der Waals surface area contributed by atoms with E-state index >= 15 is 0 Å². The Bertz CT molecular complexity index is 530. The van der Waals surface area contributed by atoms with Crippen LogP contribution in [0, 0.1) is 0 Å². The van der Waals surface area contributed by atoms with E-state index in [0.29, 0.717) is 0 Å². The summed E-state index contributed by atoms with van der Waals surface area (Å²) in [6.07, 6.45) is -1.24. The van der Waals surface area contributed by atoms with Gasteiger partial charge in [-0.1, -0.05) is 30.3 Å². The first-order valence-electron chi connectivity index (χ1n) is 6.43. The van der Waals surface area contributed by atoms with Crippen molar-refractivity contribution in [2.24, 2.45) is 0 Å². The fourth-order valence-corrected chi connectivity index (χ4v) is 1.97. The summed E-state index contributed by atoms with van der Waals surface area (Å²) in [6.45, 7) is -0.144. The fourth-order valence-electron chi connectivity index (χ4n) is 1.97. The third-order valence-electron chi connectivity index (χ3n) is 3.10. The summed E-state index contributed by atoms with van der Waals surface area (Å²) in [5.74, 6) is -1.11. The number of rotatable bonds is 5. The lowest BCUT2D eigenvalue weighted by molar-refractivity contribution is -0.145. The highest BCUT2D eigenvalue weighted by atomic mass is 16.6. The second-order valence-corrected chi connectivity index (χ2v) is 4.55. The molecule has 1 aliphatic rings. The van der Waals surface area contributed by atoms with E-state index in [-0.39, 0.29) is 26.2 Å². The third kappa shape index (κ3) is 3.95. The molecule has 1 N–H and O–H groups in total. The number of ether oxygens (including phenoxy) is 2. The Hall–Kier alpha value is -2.57. The highest BCUT2D eigenvalue weighted by Crippen LogP contribution is 2.17. The molecule has 112 valence electrons. The highest BCUT2D eigenvalue weighted by Gasteiger charge is 2.37. The SMILES string of the molecule is O=C(CCC1C(=O)OCN1C(=O)O)OCc1ccccc1. The van der Waals surface area contributed by atoms with Gasteiger partial charge < -0.3 is 14.6 Å². The van der Waals surface area contributed by atoms with Crippen LogP contribution in [0.25, 0.3) is 0 Å². The molecule has 1 aliphatic heterocycles. The van der Waals surface area contributed by atoms with E-state index in [9.17, 15) is 14.4 Å². The van der Waals surface area contributed by atoms with Crippen LogP contribution in [0.15, 0.2) is 30.3 Å². The molecule has 0 bridgehead atoms. The van der Waals surface area contributed by atoms with Gasteiger partial charge in [0.15, 0.2) is 6.73 Å². The van der Waals surface area contributed by atoms with Crippen LogP contribution in [0.1, 0.15) is 18.4 Å². The summed E-state index contributed by atoms with van der Waals surface area (Å²) >= 11 is 0. The molecule has 7 heteroatoms. The summed E-state index contributed by atoms with van der Waals surface area (Å²) in [7, 11) is 0. The second kappa shape index (κ2) is 6.74. The van der Waals surface area contributed by atoms with Gasteiger partial charge >= 0.3 is 18.0 Å². The van der Waals surface area contributed by atoms with Crippen molar-refractivity contribution in [1.82, 2.24) is 4.90 Å². The number of esters is 2. The maximum absolute atomic E-state index is 11.6. The predicted octanol–water partition coefficient (Wildman–Crippen LogP) is 1.37. The van der Waals surface area contributed by atoms with Crippen LogP contribution < -0.4 is 0 Å². The van der Waals surface area contributed by atoms with Crippen molar-refractivity contribution in [2.75, 3.05) is 6.73 Å². The van der Waals surface area contributed by atoms with E-state index in [2.05, 4.69) is 4.74 Å². The predicted molar refractivity (Wildman–Crippen MR) is 70.1 cm³/mol. The molecular formula is C14H15NO6. The van der Waals surface area contributed by atoms with Gasteiger partial charge in [-0.05, 0) is 12.0 Å². The lowest BCUT2D eigenvalue weighted by atomic mass is 10.1. The molecule has 1 aromatic rings. The zero-order chi connectivity index (χ0) is 15.2. The van der Waals surface area contributed by atoms with E-state index in [1.807, 2.05) is 30.3 Å². The number of carbonyl (C=O) groups is 3. The molecule has 1 heterocycles. The van der Waals surface area contributed by atoms with Crippen LogP contribution in [0.4, 0.5) is 4.79 Å². The van der Waals surface area contributed by atoms with Gasteiger partial charge in [-0.25, -0.2) is 9.59 Å². The minimum absolute atomic E-state index is 0.0453. The minimum atomic E-state index is -1.25. The molecule has 1 saturated heterocycles. The molecule has 0 aliphatic carbocycles. The van der Waals surface area contributed by atoms with Crippen LogP contribution >= 0.6 is 0 Å². The number of carboxylic acid groups (broad SMARTS) is 1. The number of cyclic esters (lactones) is 1. The maximum atomic E-state index is 11.6. The standard InChI is InChI=1S/C14H15NO6/c16-12(20-8-10-4-2-1-3-5-10)7-6-11-13(17)21-9-15(11)14(18)19/h1-5,11H,6-9H2,(H,18,19). The zero-order valence-electron chi connectivity index (χ0n) is 11.2. The fraction of sp³-hybridized carbons (Fsp3) is 0.357. The monoisotopic (exact) mass is 293 g/mol. The van der Waals surface area contributed by atoms with Crippen molar-refractivity contribution >= 4 is 18.0 Å². The van der Waals surface area contributed by atoms with Crippen LogP contribution in [-0.4, -0.2) is 40.8 Å². The Balaban J connectivity index is 1.78. The second-order valence-electron chi connectivity index (χ2n) is 4.55. The Morgan fingerprint density at radius 2 is 2.05 bits per heavy atom. The van der Waals surface area contributed by atoms with Gasteiger partial charge in [-0.2, -0.15) is 0 Å². The number of hydrogen-bond acceptors (Lipinski definition) is 5. The summed E-state index contributed by atoms with van der Waals surface area (Å²) in [6, 6.07) is 8.25. The molecule has 1 atom stereocenters. The molecule has 7 nitrogen and oxygen atoms in total. The molecule has 0 saturated carbocycles. The van der Waals surface area contributed by atoms with Gasteiger partial charge in [-0.3, -0.25) is 9.69 Å². The molecular weight excluding hydrogens is 278 g/mol.